The van der Waals surface area contributed by atoms with Gasteiger partial charge in [0.25, 0.3) is 0 Å². The number of fused-ring (bicyclic) bond motifs is 1. The van der Waals surface area contributed by atoms with E-state index >= 15 is 0 Å². The molecule has 1 atom stereocenters. The average Bonchev–Trinajstić information content (AvgIpc) is 2.78. The Morgan fingerprint density at radius 3 is 2.79 bits per heavy atom. The molecule has 2 aromatic rings. The lowest BCUT2D eigenvalue weighted by Crippen LogP contribution is -2.20. The Balaban J connectivity index is 2.65. The van der Waals surface area contributed by atoms with Crippen molar-refractivity contribution < 1.29 is 9.53 Å². The summed E-state index contributed by atoms with van der Waals surface area (Å²) in [5, 5.41) is 0. The molecular weight excluding hydrogens is 242 g/mol. The number of nitrogens with zero attached hydrogens (tertiary/aromatic N) is 2. The summed E-state index contributed by atoms with van der Waals surface area (Å²) < 4.78 is 6.71. The zero-order valence-corrected chi connectivity index (χ0v) is 11.5. The molecule has 0 saturated carbocycles. The van der Waals surface area contributed by atoms with E-state index in [0.29, 0.717) is 18.2 Å². The number of ether oxygens (including phenoxy) is 1. The van der Waals surface area contributed by atoms with Gasteiger partial charge in [-0.2, -0.15) is 0 Å². The van der Waals surface area contributed by atoms with Crippen molar-refractivity contribution in [2.45, 2.75) is 19.8 Å². The second-order valence-corrected chi connectivity index (χ2v) is 4.85. The topological polar surface area (TPSA) is 69.6 Å². The van der Waals surface area contributed by atoms with Gasteiger partial charge in [0.1, 0.15) is 5.82 Å². The Bertz CT molecular complexity index is 589. The van der Waals surface area contributed by atoms with Crippen molar-refractivity contribution in [1.82, 2.24) is 9.38 Å². The molecule has 0 aliphatic carbocycles. The van der Waals surface area contributed by atoms with Gasteiger partial charge in [0.2, 0.25) is 0 Å². The Hall–Kier alpha value is -1.88. The maximum atomic E-state index is 11.8. The highest BCUT2D eigenvalue weighted by atomic mass is 16.5. The molecule has 2 aromatic heterocycles. The Morgan fingerprint density at radius 2 is 2.21 bits per heavy atom. The van der Waals surface area contributed by atoms with Crippen molar-refractivity contribution in [2.24, 2.45) is 11.7 Å². The van der Waals surface area contributed by atoms with Crippen LogP contribution in [0.3, 0.4) is 0 Å². The first kappa shape index (κ1) is 13.5. The van der Waals surface area contributed by atoms with E-state index in [0.717, 1.165) is 11.3 Å². The molecule has 2 rings (SSSR count). The van der Waals surface area contributed by atoms with Gasteiger partial charge in [-0.05, 0) is 18.1 Å². The van der Waals surface area contributed by atoms with Crippen molar-refractivity contribution in [1.29, 1.82) is 0 Å². The predicted molar refractivity (Wildman–Crippen MR) is 73.2 cm³/mol. The van der Waals surface area contributed by atoms with E-state index in [-0.39, 0.29) is 5.92 Å². The number of rotatable bonds is 4. The lowest BCUT2D eigenvalue weighted by Gasteiger charge is -2.17. The van der Waals surface area contributed by atoms with E-state index in [9.17, 15) is 4.79 Å². The van der Waals surface area contributed by atoms with E-state index in [2.05, 4.69) is 18.8 Å². The lowest BCUT2D eigenvalue weighted by molar-refractivity contribution is 0.0596. The minimum absolute atomic E-state index is 0.105. The van der Waals surface area contributed by atoms with Crippen LogP contribution in [0, 0.1) is 5.92 Å². The second-order valence-electron chi connectivity index (χ2n) is 4.85. The van der Waals surface area contributed by atoms with Gasteiger partial charge in [0, 0.05) is 18.7 Å². The molecule has 0 bridgehead atoms. The third kappa shape index (κ3) is 2.33. The number of hydrogen-bond acceptors (Lipinski definition) is 4. The highest BCUT2D eigenvalue weighted by Gasteiger charge is 2.24. The van der Waals surface area contributed by atoms with Gasteiger partial charge >= 0.3 is 5.97 Å². The molecule has 0 aliphatic heterocycles. The van der Waals surface area contributed by atoms with Crippen LogP contribution in [-0.2, 0) is 4.74 Å². The van der Waals surface area contributed by atoms with Crippen LogP contribution >= 0.6 is 0 Å². The van der Waals surface area contributed by atoms with Crippen molar-refractivity contribution in [3.63, 3.8) is 0 Å². The standard InChI is InChI=1S/C14H19N3O2/c1-9(2)10(8-15)13-16-12(14(18)19-3)11-6-4-5-7-17(11)13/h4-7,9-10H,8,15H2,1-3H3. The van der Waals surface area contributed by atoms with E-state index in [1.807, 2.05) is 28.8 Å². The van der Waals surface area contributed by atoms with Gasteiger partial charge in [-0.25, -0.2) is 9.78 Å². The van der Waals surface area contributed by atoms with E-state index in [1.54, 1.807) is 0 Å². The summed E-state index contributed by atoms with van der Waals surface area (Å²) in [6.45, 7) is 4.69. The van der Waals surface area contributed by atoms with Crippen molar-refractivity contribution in [2.75, 3.05) is 13.7 Å². The first-order valence-corrected chi connectivity index (χ1v) is 6.35. The van der Waals surface area contributed by atoms with Crippen molar-refractivity contribution in [3.8, 4) is 0 Å². The molecule has 0 radical (unpaired) electrons. The van der Waals surface area contributed by atoms with Gasteiger partial charge < -0.3 is 14.9 Å². The first-order valence-electron chi connectivity index (χ1n) is 6.35. The third-order valence-electron chi connectivity index (χ3n) is 3.34. The molecule has 0 saturated heterocycles. The zero-order valence-electron chi connectivity index (χ0n) is 11.5. The predicted octanol–water partition coefficient (Wildman–Crippen LogP) is 1.82. The van der Waals surface area contributed by atoms with Crippen LogP contribution in [0.4, 0.5) is 0 Å². The highest BCUT2D eigenvalue weighted by molar-refractivity contribution is 5.95. The van der Waals surface area contributed by atoms with Crippen LogP contribution in [0.5, 0.6) is 0 Å². The summed E-state index contributed by atoms with van der Waals surface area (Å²) in [4.78, 5) is 16.3. The van der Waals surface area contributed by atoms with Crippen LogP contribution < -0.4 is 5.73 Å². The fraction of sp³-hybridized carbons (Fsp3) is 0.429. The number of carbonyl (C=O) groups excluding carboxylic acids is 1. The minimum atomic E-state index is -0.422. The molecule has 102 valence electrons. The number of imidazole rings is 1. The summed E-state index contributed by atoms with van der Waals surface area (Å²) in [6.07, 6.45) is 1.90. The first-order chi connectivity index (χ1) is 9.10. The molecule has 0 fully saturated rings. The Labute approximate surface area is 112 Å². The number of hydrogen-bond donors (Lipinski definition) is 1. The van der Waals surface area contributed by atoms with Gasteiger partial charge in [0.05, 0.1) is 12.6 Å². The quantitative estimate of drug-likeness (QED) is 0.852. The molecule has 2 N–H and O–H groups in total. The number of methoxy groups -OCH3 is 1. The summed E-state index contributed by atoms with van der Waals surface area (Å²) >= 11 is 0. The van der Waals surface area contributed by atoms with Crippen LogP contribution in [0.15, 0.2) is 24.4 Å². The van der Waals surface area contributed by atoms with E-state index in [1.165, 1.54) is 7.11 Å². The Morgan fingerprint density at radius 1 is 1.47 bits per heavy atom. The van der Waals surface area contributed by atoms with Crippen molar-refractivity contribution in [3.05, 3.63) is 35.9 Å². The van der Waals surface area contributed by atoms with Gasteiger partial charge in [-0.3, -0.25) is 0 Å². The fourth-order valence-electron chi connectivity index (χ4n) is 2.25. The fourth-order valence-corrected chi connectivity index (χ4v) is 2.25. The summed E-state index contributed by atoms with van der Waals surface area (Å²) in [5.74, 6) is 0.845. The van der Waals surface area contributed by atoms with Crippen LogP contribution in [0.2, 0.25) is 0 Å². The number of carbonyl (C=O) groups is 1. The molecule has 1 unspecified atom stereocenters. The SMILES string of the molecule is COC(=O)c1nc(C(CN)C(C)C)n2ccccc12. The summed E-state index contributed by atoms with van der Waals surface area (Å²) in [5.41, 5.74) is 6.94. The van der Waals surface area contributed by atoms with Crippen molar-refractivity contribution >= 4 is 11.5 Å². The smallest absolute Gasteiger partial charge is 0.358 e. The molecular formula is C14H19N3O2. The molecule has 5 nitrogen and oxygen atoms in total. The minimum Gasteiger partial charge on any atom is -0.464 e. The molecule has 0 aromatic carbocycles. The molecule has 0 aliphatic rings. The third-order valence-corrected chi connectivity index (χ3v) is 3.34. The highest BCUT2D eigenvalue weighted by Crippen LogP contribution is 2.25. The maximum Gasteiger partial charge on any atom is 0.358 e. The van der Waals surface area contributed by atoms with Crippen LogP contribution in [0.1, 0.15) is 36.1 Å². The van der Waals surface area contributed by atoms with Crippen LogP contribution in [0.25, 0.3) is 5.52 Å². The van der Waals surface area contributed by atoms with Gasteiger partial charge in [0.15, 0.2) is 5.69 Å². The molecule has 0 spiro atoms. The summed E-state index contributed by atoms with van der Waals surface area (Å²) in [6, 6.07) is 5.64. The summed E-state index contributed by atoms with van der Waals surface area (Å²) in [7, 11) is 1.36. The number of nitrogens with two attached hydrogens (primary N) is 1. The van der Waals surface area contributed by atoms with Gasteiger partial charge in [-0.1, -0.05) is 19.9 Å². The zero-order chi connectivity index (χ0) is 14.0. The Kier molecular flexibility index (Phi) is 3.85. The monoisotopic (exact) mass is 261 g/mol. The molecule has 19 heavy (non-hydrogen) atoms. The number of pyridine rings is 1. The lowest BCUT2D eigenvalue weighted by atomic mass is 9.95. The maximum absolute atomic E-state index is 11.8. The second kappa shape index (κ2) is 5.40. The van der Waals surface area contributed by atoms with Gasteiger partial charge in [-0.15, -0.1) is 0 Å². The molecule has 5 heteroatoms. The largest absolute Gasteiger partial charge is 0.464 e. The van der Waals surface area contributed by atoms with E-state index in [4.69, 9.17) is 10.5 Å². The normalized spacial score (nSPS) is 12.9. The van der Waals surface area contributed by atoms with E-state index < -0.39 is 5.97 Å². The van der Waals surface area contributed by atoms with Crippen LogP contribution in [-0.4, -0.2) is 29.0 Å². The number of aromatic nitrogens is 2. The molecule has 0 amide bonds. The molecule has 2 heterocycles. The average molecular weight is 261 g/mol. The number of esters is 1.